The minimum atomic E-state index is 0.0855. The molecule has 0 aliphatic heterocycles. The van der Waals surface area contributed by atoms with E-state index in [0.717, 1.165) is 23.9 Å². The molecule has 1 rings (SSSR count). The van der Waals surface area contributed by atoms with Gasteiger partial charge in [0.1, 0.15) is 5.76 Å². The Bertz CT molecular complexity index is 259. The van der Waals surface area contributed by atoms with Gasteiger partial charge < -0.3 is 9.73 Å². The van der Waals surface area contributed by atoms with Crippen LogP contribution in [-0.2, 0) is 11.3 Å². The molecule has 0 aliphatic carbocycles. The number of carbonyl (C=O) groups excluding carboxylic acids is 1. The number of rotatable bonds is 6. The first-order valence-electron chi connectivity index (χ1n) is 4.68. The van der Waals surface area contributed by atoms with E-state index in [0.29, 0.717) is 13.0 Å². The maximum atomic E-state index is 11.2. The molecule has 1 aromatic rings. The van der Waals surface area contributed by atoms with Crippen LogP contribution in [0.25, 0.3) is 0 Å². The fourth-order valence-electron chi connectivity index (χ4n) is 1.07. The summed E-state index contributed by atoms with van der Waals surface area (Å²) in [6.07, 6.45) is 4.15. The second kappa shape index (κ2) is 6.65. The van der Waals surface area contributed by atoms with Gasteiger partial charge in [-0.1, -0.05) is 15.9 Å². The molecule has 0 saturated carbocycles. The maximum absolute atomic E-state index is 11.2. The first kappa shape index (κ1) is 11.3. The lowest BCUT2D eigenvalue weighted by atomic mass is 10.2. The van der Waals surface area contributed by atoms with Gasteiger partial charge in [0.05, 0.1) is 12.8 Å². The number of unbranched alkanes of at least 4 members (excludes halogenated alkanes) is 1. The van der Waals surface area contributed by atoms with Crippen molar-refractivity contribution in [3.8, 4) is 0 Å². The van der Waals surface area contributed by atoms with Crippen molar-refractivity contribution in [3.05, 3.63) is 24.2 Å². The van der Waals surface area contributed by atoms with Crippen molar-refractivity contribution in [2.24, 2.45) is 0 Å². The Morgan fingerprint density at radius 1 is 1.50 bits per heavy atom. The van der Waals surface area contributed by atoms with Crippen LogP contribution in [0.4, 0.5) is 0 Å². The van der Waals surface area contributed by atoms with Gasteiger partial charge in [-0.15, -0.1) is 0 Å². The van der Waals surface area contributed by atoms with Crippen LogP contribution in [0.1, 0.15) is 25.0 Å². The van der Waals surface area contributed by atoms with Gasteiger partial charge in [-0.05, 0) is 25.0 Å². The molecule has 14 heavy (non-hydrogen) atoms. The Morgan fingerprint density at radius 2 is 2.36 bits per heavy atom. The predicted octanol–water partition coefficient (Wildman–Crippen LogP) is 2.46. The molecular weight excluding hydrogens is 246 g/mol. The standard InChI is InChI=1S/C10H14BrNO2/c11-6-2-1-5-10(13)12-8-9-4-3-7-14-9/h3-4,7H,1-2,5-6,8H2,(H,12,13). The van der Waals surface area contributed by atoms with Gasteiger partial charge in [0.25, 0.3) is 0 Å². The Kier molecular flexibility index (Phi) is 5.37. The fourth-order valence-corrected chi connectivity index (χ4v) is 1.46. The van der Waals surface area contributed by atoms with Crippen molar-refractivity contribution in [3.63, 3.8) is 0 Å². The van der Waals surface area contributed by atoms with Crippen LogP contribution < -0.4 is 5.32 Å². The minimum Gasteiger partial charge on any atom is -0.467 e. The molecule has 0 radical (unpaired) electrons. The van der Waals surface area contributed by atoms with Crippen LogP contribution in [0.3, 0.4) is 0 Å². The molecule has 1 aromatic heterocycles. The monoisotopic (exact) mass is 259 g/mol. The van der Waals surface area contributed by atoms with E-state index >= 15 is 0 Å². The van der Waals surface area contributed by atoms with Gasteiger partial charge in [0.15, 0.2) is 0 Å². The molecular formula is C10H14BrNO2. The third-order valence-corrected chi connectivity index (χ3v) is 2.39. The van der Waals surface area contributed by atoms with Gasteiger partial charge in [-0.2, -0.15) is 0 Å². The van der Waals surface area contributed by atoms with E-state index in [2.05, 4.69) is 21.2 Å². The van der Waals surface area contributed by atoms with Crippen molar-refractivity contribution in [1.29, 1.82) is 0 Å². The van der Waals surface area contributed by atoms with E-state index < -0.39 is 0 Å². The van der Waals surface area contributed by atoms with E-state index in [-0.39, 0.29) is 5.91 Å². The molecule has 0 bridgehead atoms. The van der Waals surface area contributed by atoms with Crippen molar-refractivity contribution in [2.75, 3.05) is 5.33 Å². The van der Waals surface area contributed by atoms with Gasteiger partial charge in [0, 0.05) is 11.8 Å². The van der Waals surface area contributed by atoms with Crippen molar-refractivity contribution >= 4 is 21.8 Å². The number of halogens is 1. The molecule has 1 heterocycles. The van der Waals surface area contributed by atoms with Crippen LogP contribution in [0.2, 0.25) is 0 Å². The lowest BCUT2D eigenvalue weighted by Crippen LogP contribution is -2.21. The van der Waals surface area contributed by atoms with Crippen LogP contribution in [-0.4, -0.2) is 11.2 Å². The number of amides is 1. The molecule has 0 spiro atoms. The zero-order valence-corrected chi connectivity index (χ0v) is 9.55. The van der Waals surface area contributed by atoms with Crippen molar-refractivity contribution in [2.45, 2.75) is 25.8 Å². The third kappa shape index (κ3) is 4.46. The van der Waals surface area contributed by atoms with Crippen LogP contribution in [0, 0.1) is 0 Å². The number of furan rings is 1. The SMILES string of the molecule is O=C(CCCCBr)NCc1ccco1. The number of hydrogen-bond acceptors (Lipinski definition) is 2. The average molecular weight is 260 g/mol. The molecule has 1 amide bonds. The summed E-state index contributed by atoms with van der Waals surface area (Å²) in [5.41, 5.74) is 0. The summed E-state index contributed by atoms with van der Waals surface area (Å²) in [7, 11) is 0. The molecule has 0 atom stereocenters. The van der Waals surface area contributed by atoms with E-state index in [1.807, 2.05) is 12.1 Å². The van der Waals surface area contributed by atoms with Gasteiger partial charge in [-0.3, -0.25) is 4.79 Å². The summed E-state index contributed by atoms with van der Waals surface area (Å²) >= 11 is 3.32. The topological polar surface area (TPSA) is 42.2 Å². The van der Waals surface area contributed by atoms with Gasteiger partial charge >= 0.3 is 0 Å². The minimum absolute atomic E-state index is 0.0855. The lowest BCUT2D eigenvalue weighted by Gasteiger charge is -2.01. The van der Waals surface area contributed by atoms with E-state index in [4.69, 9.17) is 4.42 Å². The second-order valence-corrected chi connectivity index (χ2v) is 3.80. The highest BCUT2D eigenvalue weighted by atomic mass is 79.9. The largest absolute Gasteiger partial charge is 0.467 e. The number of nitrogens with one attached hydrogen (secondary N) is 1. The highest BCUT2D eigenvalue weighted by Gasteiger charge is 2.01. The Hall–Kier alpha value is -0.770. The second-order valence-electron chi connectivity index (χ2n) is 3.00. The number of hydrogen-bond donors (Lipinski definition) is 1. The van der Waals surface area contributed by atoms with Crippen LogP contribution >= 0.6 is 15.9 Å². The smallest absolute Gasteiger partial charge is 0.220 e. The van der Waals surface area contributed by atoms with Crippen molar-refractivity contribution in [1.82, 2.24) is 5.32 Å². The Morgan fingerprint density at radius 3 is 3.00 bits per heavy atom. The fraction of sp³-hybridized carbons (Fsp3) is 0.500. The summed E-state index contributed by atoms with van der Waals surface area (Å²) < 4.78 is 5.09. The zero-order valence-electron chi connectivity index (χ0n) is 7.96. The average Bonchev–Trinajstić information content (AvgIpc) is 2.68. The third-order valence-electron chi connectivity index (χ3n) is 1.83. The normalized spacial score (nSPS) is 10.1. The maximum Gasteiger partial charge on any atom is 0.220 e. The molecule has 1 N–H and O–H groups in total. The van der Waals surface area contributed by atoms with Crippen LogP contribution in [0.15, 0.2) is 22.8 Å². The lowest BCUT2D eigenvalue weighted by molar-refractivity contribution is -0.121. The molecule has 78 valence electrons. The summed E-state index contributed by atoms with van der Waals surface area (Å²) in [6.45, 7) is 0.486. The molecule has 0 aliphatic rings. The zero-order chi connectivity index (χ0) is 10.2. The molecule has 0 unspecified atom stereocenters. The predicted molar refractivity (Wildman–Crippen MR) is 58.2 cm³/mol. The molecule has 0 saturated heterocycles. The van der Waals surface area contributed by atoms with Gasteiger partial charge in [-0.25, -0.2) is 0 Å². The number of alkyl halides is 1. The van der Waals surface area contributed by atoms with Crippen LogP contribution in [0.5, 0.6) is 0 Å². The first-order chi connectivity index (χ1) is 6.83. The Balaban J connectivity index is 2.09. The summed E-state index contributed by atoms with van der Waals surface area (Å²) in [4.78, 5) is 11.2. The summed E-state index contributed by atoms with van der Waals surface area (Å²) in [5, 5.41) is 3.75. The van der Waals surface area contributed by atoms with Crippen molar-refractivity contribution < 1.29 is 9.21 Å². The summed E-state index contributed by atoms with van der Waals surface area (Å²) in [5.74, 6) is 0.876. The first-order valence-corrected chi connectivity index (χ1v) is 5.80. The van der Waals surface area contributed by atoms with E-state index in [9.17, 15) is 4.79 Å². The molecule has 0 aromatic carbocycles. The Labute approximate surface area is 92.0 Å². The number of carbonyl (C=O) groups is 1. The van der Waals surface area contributed by atoms with E-state index in [1.165, 1.54) is 0 Å². The summed E-state index contributed by atoms with van der Waals surface area (Å²) in [6, 6.07) is 3.66. The molecule has 3 nitrogen and oxygen atoms in total. The van der Waals surface area contributed by atoms with Gasteiger partial charge in [0.2, 0.25) is 5.91 Å². The molecule has 0 fully saturated rings. The highest BCUT2D eigenvalue weighted by molar-refractivity contribution is 9.09. The molecule has 4 heteroatoms. The van der Waals surface area contributed by atoms with E-state index in [1.54, 1.807) is 6.26 Å². The quantitative estimate of drug-likeness (QED) is 0.630. The highest BCUT2D eigenvalue weighted by Crippen LogP contribution is 2.01.